The molecule has 0 unspecified atom stereocenters. The van der Waals surface area contributed by atoms with Crippen LogP contribution in [0, 0.1) is 0 Å². The maximum atomic E-state index is 5.25. The Kier molecular flexibility index (Phi) is 19.3. The molecule has 0 atom stereocenters. The Bertz CT molecular complexity index is 2240. The van der Waals surface area contributed by atoms with Gasteiger partial charge in [0.1, 0.15) is 0 Å². The first-order chi connectivity index (χ1) is 31.3. The fraction of sp³-hybridized carbons (Fsp3) is 0.600. The van der Waals surface area contributed by atoms with Gasteiger partial charge in [-0.25, -0.2) is 0 Å². The molecule has 0 saturated heterocycles. The standard InChI is InChI=1S/C30H67Si7.C30H37.2BrH.Sn/c1-31(2,3)28(32(4,5)6)25-22-26(29(33(7,8)9)34(10,11)12)24-27(23-25)30(35(13,14)15,36(16,17)18)37(19,20)21;1-19(2)25-14-10-15-26(20(3)4)29(25)23-12-9-13-24(18-23)30-27(21(5)6)16-11-17-28(30)22(7)8;;;/h23-24,28-29H,1-21H3;9-17,19-22H,1-8H3;2*1H;/q;;;;+2/p-2. The van der Waals surface area contributed by atoms with E-state index in [1.165, 1.54) is 44.5 Å². The molecule has 0 aromatic heterocycles. The fourth-order valence-electron chi connectivity index (χ4n) is 16.0. The summed E-state index contributed by atoms with van der Waals surface area (Å²) in [4.78, 5) is 0. The summed E-state index contributed by atoms with van der Waals surface area (Å²) >= 11 is 6.13. The van der Waals surface area contributed by atoms with E-state index < -0.39 is 70.5 Å². The Balaban J connectivity index is 2.71. The summed E-state index contributed by atoms with van der Waals surface area (Å²) < 4.78 is 3.62. The van der Waals surface area contributed by atoms with Gasteiger partial charge in [-0.3, -0.25) is 0 Å². The van der Waals surface area contributed by atoms with Crippen LogP contribution in [0.25, 0.3) is 22.3 Å². The third-order valence-electron chi connectivity index (χ3n) is 16.1. The van der Waals surface area contributed by atoms with E-state index in [1.807, 2.05) is 0 Å². The van der Waals surface area contributed by atoms with E-state index in [-0.39, 0.29) is 4.28 Å². The summed E-state index contributed by atoms with van der Waals surface area (Å²) in [7, 11) is -13.2. The van der Waals surface area contributed by atoms with Crippen molar-refractivity contribution < 1.29 is 0 Å². The first-order valence-corrected chi connectivity index (χ1v) is 67.7. The zero-order valence-corrected chi connectivity index (χ0v) is 63.6. The summed E-state index contributed by atoms with van der Waals surface area (Å²) in [6.07, 6.45) is 0. The number of benzene rings is 4. The van der Waals surface area contributed by atoms with Crippen molar-refractivity contribution in [1.29, 1.82) is 0 Å². The predicted molar refractivity (Wildman–Crippen MR) is 354 cm³/mol. The summed E-state index contributed by atoms with van der Waals surface area (Å²) in [5.41, 5.74) is 17.1. The van der Waals surface area contributed by atoms with Gasteiger partial charge in [0.25, 0.3) is 0 Å². The Labute approximate surface area is 457 Å². The van der Waals surface area contributed by atoms with Crippen molar-refractivity contribution in [1.82, 2.24) is 0 Å². The molecule has 0 aliphatic rings. The van der Waals surface area contributed by atoms with Crippen LogP contribution in [-0.4, -0.2) is 70.5 Å². The Morgan fingerprint density at radius 1 is 0.357 bits per heavy atom. The van der Waals surface area contributed by atoms with Gasteiger partial charge in [-0.1, -0.05) is 0 Å². The van der Waals surface area contributed by atoms with E-state index in [4.69, 9.17) is 25.4 Å². The van der Waals surface area contributed by atoms with Gasteiger partial charge in [-0.05, 0) is 0 Å². The predicted octanol–water partition coefficient (Wildman–Crippen LogP) is 20.4. The normalized spacial score (nSPS) is 14.4. The van der Waals surface area contributed by atoms with Gasteiger partial charge in [0.15, 0.2) is 0 Å². The molecule has 0 saturated carbocycles. The van der Waals surface area contributed by atoms with E-state index in [1.54, 1.807) is 23.8 Å². The van der Waals surface area contributed by atoms with Gasteiger partial charge in [-0.15, -0.1) is 0 Å². The molecular formula is C60H104Br2Si7Sn. The molecule has 390 valence electrons. The second-order valence-electron chi connectivity index (χ2n) is 30.4. The molecule has 4 aromatic rings. The molecule has 0 radical (unpaired) electrons. The van der Waals surface area contributed by atoms with E-state index in [0.29, 0.717) is 34.0 Å². The van der Waals surface area contributed by atoms with Crippen molar-refractivity contribution >= 4 is 103 Å². The molecule has 0 amide bonds. The number of rotatable bonds is 18. The third kappa shape index (κ3) is 12.1. The van der Waals surface area contributed by atoms with Gasteiger partial charge in [0.2, 0.25) is 0 Å². The molecular weight excluding hydrogens is 1200 g/mol. The third-order valence-corrected chi connectivity index (χ3v) is 73.2. The number of hydrogen-bond donors (Lipinski definition) is 0. The van der Waals surface area contributed by atoms with Crippen molar-refractivity contribution in [3.05, 3.63) is 106 Å². The maximum absolute atomic E-state index is 5.25. The van der Waals surface area contributed by atoms with E-state index in [0.717, 1.165) is 0 Å². The minimum atomic E-state index is -4.38. The van der Waals surface area contributed by atoms with Crippen LogP contribution in [0.1, 0.15) is 128 Å². The van der Waals surface area contributed by atoms with Crippen LogP contribution in [-0.2, 0) is 4.28 Å². The van der Waals surface area contributed by atoms with Crippen molar-refractivity contribution in [2.45, 2.75) is 231 Å². The van der Waals surface area contributed by atoms with Crippen LogP contribution < -0.4 is 7.16 Å². The fourth-order valence-corrected chi connectivity index (χ4v) is 92.1. The summed E-state index contributed by atoms with van der Waals surface area (Å²) in [6, 6.07) is 28.1. The van der Waals surface area contributed by atoms with Crippen molar-refractivity contribution in [2.24, 2.45) is 0 Å². The first kappa shape index (κ1) is 62.7. The topological polar surface area (TPSA) is 0 Å². The average Bonchev–Trinajstić information content (AvgIpc) is 3.12. The van der Waals surface area contributed by atoms with Crippen molar-refractivity contribution in [2.75, 3.05) is 0 Å². The zero-order valence-electron chi connectivity index (χ0n) is 50.6. The molecule has 0 spiro atoms. The minimum absolute atomic E-state index is 0.256. The molecule has 0 aliphatic heterocycles. The Hall–Kier alpha value is 0.157. The number of hydrogen-bond acceptors (Lipinski definition) is 0. The van der Waals surface area contributed by atoms with Gasteiger partial charge >= 0.3 is 462 Å². The average molecular weight is 1300 g/mol. The summed E-state index contributed by atoms with van der Waals surface area (Å²) in [5, 5.41) is 1.15. The molecule has 0 fully saturated rings. The van der Waals surface area contributed by atoms with Crippen LogP contribution >= 0.6 is 25.4 Å². The van der Waals surface area contributed by atoms with Crippen LogP contribution in [0.2, 0.25) is 137 Å². The summed E-state index contributed by atoms with van der Waals surface area (Å²) in [5.74, 6) is 1.52. The SMILES string of the molecule is CC(C)c1cccc(C(C)C)c1-c1cccc(-c2c(C(C)C)cccc2C(C)C)[c]1[Sn]([Br])([Br])[c]1c(C([Si](C)(C)C)[Si](C)(C)C)cc(C([Si](C)(C)C)([Si](C)(C)C)[Si](C)(C)C)cc1C([Si](C)(C)C)[Si](C)(C)C. The van der Waals surface area contributed by atoms with E-state index in [9.17, 15) is 0 Å². The Morgan fingerprint density at radius 2 is 0.600 bits per heavy atom. The van der Waals surface area contributed by atoms with Crippen LogP contribution in [0.3, 0.4) is 0 Å². The van der Waals surface area contributed by atoms with Crippen LogP contribution in [0.4, 0.5) is 0 Å². The van der Waals surface area contributed by atoms with Crippen molar-refractivity contribution in [3.63, 3.8) is 0 Å². The van der Waals surface area contributed by atoms with Gasteiger partial charge < -0.3 is 0 Å². The molecule has 0 bridgehead atoms. The monoisotopic (exact) mass is 1300 g/mol. The van der Waals surface area contributed by atoms with Crippen LogP contribution in [0.5, 0.6) is 0 Å². The second kappa shape index (κ2) is 21.5. The molecule has 4 rings (SSSR count). The molecule has 0 N–H and O–H groups in total. The zero-order chi connectivity index (χ0) is 54.2. The van der Waals surface area contributed by atoms with E-state index in [2.05, 4.69) is 260 Å². The second-order valence-corrected chi connectivity index (χ2v) is 99.3. The van der Waals surface area contributed by atoms with E-state index >= 15 is 0 Å². The van der Waals surface area contributed by atoms with Gasteiger partial charge in [0.05, 0.1) is 0 Å². The van der Waals surface area contributed by atoms with Gasteiger partial charge in [0, 0.05) is 0 Å². The van der Waals surface area contributed by atoms with Crippen LogP contribution in [0.15, 0.2) is 66.7 Å². The molecule has 0 heterocycles. The quantitative estimate of drug-likeness (QED) is 0.0871. The van der Waals surface area contributed by atoms with Gasteiger partial charge in [-0.2, -0.15) is 0 Å². The number of halogens is 2. The molecule has 0 aliphatic carbocycles. The summed E-state index contributed by atoms with van der Waals surface area (Å²) in [6.45, 7) is 77.2. The van der Waals surface area contributed by atoms with Crippen molar-refractivity contribution in [3.8, 4) is 22.3 Å². The molecule has 70 heavy (non-hydrogen) atoms. The molecule has 10 heteroatoms. The first-order valence-electron chi connectivity index (χ1n) is 27.3. The molecule has 4 aromatic carbocycles. The Morgan fingerprint density at radius 3 is 0.814 bits per heavy atom. The molecule has 0 nitrogen and oxygen atoms in total.